The van der Waals surface area contributed by atoms with E-state index >= 15 is 0 Å². The van der Waals surface area contributed by atoms with Crippen molar-refractivity contribution in [3.8, 4) is 0 Å². The Hall–Kier alpha value is -1.48. The highest BCUT2D eigenvalue weighted by Crippen LogP contribution is 2.39. The lowest BCUT2D eigenvalue weighted by Gasteiger charge is -2.21. The van der Waals surface area contributed by atoms with Crippen LogP contribution in [-0.4, -0.2) is 12.2 Å². The molecule has 0 saturated carbocycles. The van der Waals surface area contributed by atoms with Crippen LogP contribution in [0.1, 0.15) is 35.6 Å². The topological polar surface area (TPSA) is 38.1 Å². The highest BCUT2D eigenvalue weighted by molar-refractivity contribution is 6.30. The molecule has 0 radical (unpaired) electrons. The van der Waals surface area contributed by atoms with Crippen LogP contribution in [0.25, 0.3) is 0 Å². The lowest BCUT2D eigenvalue weighted by atomic mass is 9.83. The molecule has 0 bridgehead atoms. The first-order valence-electron chi connectivity index (χ1n) is 6.21. The maximum atomic E-state index is 5.93. The molecule has 1 heterocycles. The maximum absolute atomic E-state index is 5.93. The first-order valence-corrected chi connectivity index (χ1v) is 6.59. The molecule has 4 heteroatoms. The summed E-state index contributed by atoms with van der Waals surface area (Å²) in [6.07, 6.45) is 3.32. The summed E-state index contributed by atoms with van der Waals surface area (Å²) < 4.78 is 5.36. The van der Waals surface area contributed by atoms with Crippen LogP contribution in [0.3, 0.4) is 0 Å². The Morgan fingerprint density at radius 2 is 2.11 bits per heavy atom. The second-order valence-electron chi connectivity index (χ2n) is 4.62. The van der Waals surface area contributed by atoms with E-state index in [-0.39, 0.29) is 0 Å². The van der Waals surface area contributed by atoms with Crippen molar-refractivity contribution >= 4 is 17.5 Å². The Morgan fingerprint density at radius 1 is 1.33 bits per heavy atom. The number of rotatable bonds is 2. The van der Waals surface area contributed by atoms with Gasteiger partial charge in [0.2, 0.25) is 5.88 Å². The summed E-state index contributed by atoms with van der Waals surface area (Å²) in [5, 5.41) is 8.07. The highest BCUT2D eigenvalue weighted by atomic mass is 35.5. The van der Waals surface area contributed by atoms with Crippen LogP contribution in [0, 0.1) is 0 Å². The van der Waals surface area contributed by atoms with Crippen LogP contribution in [0.2, 0.25) is 5.02 Å². The Kier molecular flexibility index (Phi) is 3.00. The monoisotopic (exact) mass is 262 g/mol. The van der Waals surface area contributed by atoms with E-state index in [2.05, 4.69) is 22.6 Å². The minimum Gasteiger partial charge on any atom is -0.357 e. The van der Waals surface area contributed by atoms with E-state index in [0.29, 0.717) is 5.92 Å². The summed E-state index contributed by atoms with van der Waals surface area (Å²) in [5.41, 5.74) is 3.56. The summed E-state index contributed by atoms with van der Waals surface area (Å²) in [7, 11) is 1.87. The molecule has 0 amide bonds. The average Bonchev–Trinajstić information content (AvgIpc) is 2.82. The van der Waals surface area contributed by atoms with Gasteiger partial charge in [-0.2, -0.15) is 0 Å². The standard InChI is InChI=1S/C14H15ClN2O/c1-16-14-12-4-2-3-11(13(12)17-18-14)9-5-7-10(15)8-6-9/h5-8,11,16H,2-4H2,1H3. The van der Waals surface area contributed by atoms with Crippen molar-refractivity contribution in [2.45, 2.75) is 25.2 Å². The van der Waals surface area contributed by atoms with E-state index in [9.17, 15) is 0 Å². The van der Waals surface area contributed by atoms with E-state index in [1.807, 2.05) is 19.2 Å². The molecular weight excluding hydrogens is 248 g/mol. The van der Waals surface area contributed by atoms with Crippen molar-refractivity contribution in [1.29, 1.82) is 0 Å². The van der Waals surface area contributed by atoms with Gasteiger partial charge in [-0.3, -0.25) is 0 Å². The number of nitrogens with one attached hydrogen (secondary N) is 1. The Morgan fingerprint density at radius 3 is 2.83 bits per heavy atom. The Balaban J connectivity index is 2.00. The Bertz CT molecular complexity index is 547. The summed E-state index contributed by atoms with van der Waals surface area (Å²) in [5.74, 6) is 1.14. The first-order chi connectivity index (χ1) is 8.79. The van der Waals surface area contributed by atoms with Gasteiger partial charge in [-0.15, -0.1) is 0 Å². The Labute approximate surface area is 111 Å². The van der Waals surface area contributed by atoms with Crippen LogP contribution in [0.4, 0.5) is 5.88 Å². The van der Waals surface area contributed by atoms with Gasteiger partial charge in [0.1, 0.15) is 0 Å². The maximum Gasteiger partial charge on any atom is 0.227 e. The number of fused-ring (bicyclic) bond motifs is 1. The fourth-order valence-electron chi connectivity index (χ4n) is 2.67. The average molecular weight is 263 g/mol. The minimum atomic E-state index is 0.330. The largest absolute Gasteiger partial charge is 0.357 e. The molecular formula is C14H15ClN2O. The number of hydrogen-bond acceptors (Lipinski definition) is 3. The lowest BCUT2D eigenvalue weighted by Crippen LogP contribution is -2.11. The second kappa shape index (κ2) is 4.65. The van der Waals surface area contributed by atoms with Gasteiger partial charge in [-0.05, 0) is 37.0 Å². The summed E-state index contributed by atoms with van der Waals surface area (Å²) in [6.45, 7) is 0. The molecule has 0 spiro atoms. The quantitative estimate of drug-likeness (QED) is 0.894. The molecule has 0 aliphatic heterocycles. The van der Waals surface area contributed by atoms with Gasteiger partial charge in [0.05, 0.1) is 5.69 Å². The summed E-state index contributed by atoms with van der Waals surface area (Å²) in [4.78, 5) is 0. The van der Waals surface area contributed by atoms with Gasteiger partial charge in [-0.1, -0.05) is 28.9 Å². The zero-order valence-corrected chi connectivity index (χ0v) is 11.0. The molecule has 2 aromatic rings. The molecule has 1 unspecified atom stereocenters. The molecule has 0 fully saturated rings. The van der Waals surface area contributed by atoms with Crippen LogP contribution >= 0.6 is 11.6 Å². The molecule has 3 nitrogen and oxygen atoms in total. The fourth-order valence-corrected chi connectivity index (χ4v) is 2.80. The summed E-state index contributed by atoms with van der Waals surface area (Å²) in [6, 6.07) is 8.03. The first kappa shape index (κ1) is 11.6. The van der Waals surface area contributed by atoms with Crippen molar-refractivity contribution in [2.75, 3.05) is 12.4 Å². The van der Waals surface area contributed by atoms with Crippen LogP contribution in [-0.2, 0) is 6.42 Å². The third kappa shape index (κ3) is 1.89. The zero-order valence-electron chi connectivity index (χ0n) is 10.2. The van der Waals surface area contributed by atoms with Crippen molar-refractivity contribution < 1.29 is 4.52 Å². The zero-order chi connectivity index (χ0) is 12.5. The van der Waals surface area contributed by atoms with Gasteiger partial charge in [0.15, 0.2) is 0 Å². The molecule has 1 aliphatic rings. The second-order valence-corrected chi connectivity index (χ2v) is 5.06. The molecule has 0 saturated heterocycles. The van der Waals surface area contributed by atoms with Crippen LogP contribution < -0.4 is 5.32 Å². The smallest absolute Gasteiger partial charge is 0.227 e. The van der Waals surface area contributed by atoms with Crippen molar-refractivity contribution in [3.63, 3.8) is 0 Å². The molecule has 1 atom stereocenters. The highest BCUT2D eigenvalue weighted by Gasteiger charge is 2.28. The molecule has 3 rings (SSSR count). The van der Waals surface area contributed by atoms with Crippen LogP contribution in [0.15, 0.2) is 28.8 Å². The fraction of sp³-hybridized carbons (Fsp3) is 0.357. The predicted molar refractivity (Wildman–Crippen MR) is 72.3 cm³/mol. The molecule has 1 N–H and O–H groups in total. The number of halogens is 1. The van der Waals surface area contributed by atoms with Crippen molar-refractivity contribution in [1.82, 2.24) is 5.16 Å². The van der Waals surface area contributed by atoms with E-state index in [0.717, 1.165) is 35.9 Å². The van der Waals surface area contributed by atoms with Gasteiger partial charge < -0.3 is 9.84 Å². The number of aromatic nitrogens is 1. The molecule has 1 aromatic heterocycles. The third-order valence-electron chi connectivity index (χ3n) is 3.57. The van der Waals surface area contributed by atoms with E-state index < -0.39 is 0 Å². The van der Waals surface area contributed by atoms with E-state index in [4.69, 9.17) is 16.1 Å². The van der Waals surface area contributed by atoms with Crippen molar-refractivity contribution in [2.24, 2.45) is 0 Å². The minimum absolute atomic E-state index is 0.330. The van der Waals surface area contributed by atoms with Gasteiger partial charge in [0.25, 0.3) is 0 Å². The lowest BCUT2D eigenvalue weighted by molar-refractivity contribution is 0.420. The number of benzene rings is 1. The van der Waals surface area contributed by atoms with Gasteiger partial charge in [-0.25, -0.2) is 0 Å². The third-order valence-corrected chi connectivity index (χ3v) is 3.82. The normalized spacial score (nSPS) is 18.4. The number of anilines is 1. The molecule has 1 aliphatic carbocycles. The van der Waals surface area contributed by atoms with E-state index in [1.165, 1.54) is 11.1 Å². The number of nitrogens with zero attached hydrogens (tertiary/aromatic N) is 1. The SMILES string of the molecule is CNc1onc2c1CCCC2c1ccc(Cl)cc1. The summed E-state index contributed by atoms with van der Waals surface area (Å²) >= 11 is 5.93. The van der Waals surface area contributed by atoms with Crippen LogP contribution in [0.5, 0.6) is 0 Å². The number of hydrogen-bond donors (Lipinski definition) is 1. The van der Waals surface area contributed by atoms with E-state index in [1.54, 1.807) is 0 Å². The molecule has 94 valence electrons. The van der Waals surface area contributed by atoms with Gasteiger partial charge in [0, 0.05) is 23.6 Å². The molecule has 1 aromatic carbocycles. The van der Waals surface area contributed by atoms with Gasteiger partial charge >= 0.3 is 0 Å². The predicted octanol–water partition coefficient (Wildman–Crippen LogP) is 3.84. The van der Waals surface area contributed by atoms with Crippen molar-refractivity contribution in [3.05, 3.63) is 46.1 Å². The molecule has 18 heavy (non-hydrogen) atoms.